The van der Waals surface area contributed by atoms with E-state index in [-0.39, 0.29) is 25.1 Å². The van der Waals surface area contributed by atoms with Crippen LogP contribution in [0.4, 0.5) is 4.79 Å². The number of benzene rings is 1. The minimum absolute atomic E-state index is 0.158. The second-order valence-electron chi connectivity index (χ2n) is 6.12. The van der Waals surface area contributed by atoms with Crippen molar-refractivity contribution in [2.45, 2.75) is 6.04 Å². The third-order valence-electron chi connectivity index (χ3n) is 4.61. The number of piperazine rings is 1. The topological polar surface area (TPSA) is 83.0 Å². The third kappa shape index (κ3) is 2.77. The van der Waals surface area contributed by atoms with E-state index < -0.39 is 6.09 Å². The molecule has 2 aliphatic rings. The van der Waals surface area contributed by atoms with Crippen molar-refractivity contribution in [1.82, 2.24) is 14.8 Å². The first kappa shape index (κ1) is 15.4. The highest BCUT2D eigenvalue weighted by molar-refractivity contribution is 5.97. The van der Waals surface area contributed by atoms with Gasteiger partial charge in [0.2, 0.25) is 0 Å². The number of carboxylic acid groups (broad SMARTS) is 1. The summed E-state index contributed by atoms with van der Waals surface area (Å²) in [5.74, 6) is 0.338. The van der Waals surface area contributed by atoms with E-state index in [4.69, 9.17) is 4.74 Å². The second-order valence-corrected chi connectivity index (χ2v) is 6.12. The van der Waals surface area contributed by atoms with Gasteiger partial charge in [0.05, 0.1) is 17.3 Å². The average Bonchev–Trinajstić information content (AvgIpc) is 2.79. The van der Waals surface area contributed by atoms with Crippen LogP contribution in [0.15, 0.2) is 42.6 Å². The van der Waals surface area contributed by atoms with Gasteiger partial charge in [-0.2, -0.15) is 0 Å². The largest absolute Gasteiger partial charge is 0.490 e. The van der Waals surface area contributed by atoms with Crippen LogP contribution in [0.2, 0.25) is 0 Å². The van der Waals surface area contributed by atoms with Gasteiger partial charge in [0.1, 0.15) is 12.4 Å². The minimum atomic E-state index is -0.970. The van der Waals surface area contributed by atoms with Crippen molar-refractivity contribution in [3.63, 3.8) is 0 Å². The Morgan fingerprint density at radius 1 is 1.24 bits per heavy atom. The van der Waals surface area contributed by atoms with E-state index in [1.165, 1.54) is 4.90 Å². The highest BCUT2D eigenvalue weighted by atomic mass is 16.5. The van der Waals surface area contributed by atoms with E-state index in [9.17, 15) is 14.7 Å². The van der Waals surface area contributed by atoms with Crippen molar-refractivity contribution in [3.8, 4) is 17.0 Å². The predicted octanol–water partition coefficient (Wildman–Crippen LogP) is 1.95. The van der Waals surface area contributed by atoms with Crippen LogP contribution in [0.1, 0.15) is 10.4 Å². The van der Waals surface area contributed by atoms with Crippen LogP contribution in [-0.4, -0.2) is 64.2 Å². The van der Waals surface area contributed by atoms with Gasteiger partial charge in [-0.25, -0.2) is 4.79 Å². The smallest absolute Gasteiger partial charge is 0.407 e. The van der Waals surface area contributed by atoms with Gasteiger partial charge in [0.25, 0.3) is 5.91 Å². The van der Waals surface area contributed by atoms with E-state index >= 15 is 0 Å². The number of hydrogen-bond donors (Lipinski definition) is 1. The highest BCUT2D eigenvalue weighted by Gasteiger charge is 2.36. The Morgan fingerprint density at radius 3 is 2.80 bits per heavy atom. The van der Waals surface area contributed by atoms with Crippen LogP contribution in [0.3, 0.4) is 0 Å². The summed E-state index contributed by atoms with van der Waals surface area (Å²) < 4.78 is 5.86. The molecule has 2 amide bonds. The molecule has 0 aliphatic carbocycles. The van der Waals surface area contributed by atoms with Crippen LogP contribution in [0.25, 0.3) is 11.3 Å². The van der Waals surface area contributed by atoms with Gasteiger partial charge in [-0.15, -0.1) is 0 Å². The number of amides is 2. The molecule has 7 heteroatoms. The van der Waals surface area contributed by atoms with Gasteiger partial charge < -0.3 is 19.6 Å². The van der Waals surface area contributed by atoms with Crippen molar-refractivity contribution in [3.05, 3.63) is 48.2 Å². The first-order chi connectivity index (χ1) is 12.1. The van der Waals surface area contributed by atoms with Gasteiger partial charge in [-0.05, 0) is 0 Å². The Hall–Kier alpha value is -3.09. The monoisotopic (exact) mass is 339 g/mol. The fourth-order valence-corrected chi connectivity index (χ4v) is 3.26. The summed E-state index contributed by atoms with van der Waals surface area (Å²) in [5.41, 5.74) is 2.10. The van der Waals surface area contributed by atoms with E-state index in [1.807, 2.05) is 30.3 Å². The molecule has 1 atom stereocenters. The van der Waals surface area contributed by atoms with Crippen molar-refractivity contribution >= 4 is 12.0 Å². The van der Waals surface area contributed by atoms with Gasteiger partial charge in [-0.3, -0.25) is 9.78 Å². The molecule has 1 fully saturated rings. The Labute approximate surface area is 144 Å². The molecule has 1 unspecified atom stereocenters. The zero-order valence-electron chi connectivity index (χ0n) is 13.5. The van der Waals surface area contributed by atoms with E-state index in [2.05, 4.69) is 4.98 Å². The molecule has 1 aromatic carbocycles. The molecule has 1 saturated heterocycles. The number of nitrogens with zero attached hydrogens (tertiary/aromatic N) is 3. The number of hydrogen-bond acceptors (Lipinski definition) is 4. The lowest BCUT2D eigenvalue weighted by Crippen LogP contribution is -2.57. The first-order valence-corrected chi connectivity index (χ1v) is 8.10. The summed E-state index contributed by atoms with van der Waals surface area (Å²) in [6.07, 6.45) is 0.577. The molecule has 25 heavy (non-hydrogen) atoms. The molecule has 0 spiro atoms. The maximum Gasteiger partial charge on any atom is 0.407 e. The Kier molecular flexibility index (Phi) is 3.76. The SMILES string of the molecule is O=C(O)N1CCN2C(=O)c3cnc(-c4ccccc4)cc3OCC2C1. The van der Waals surface area contributed by atoms with Crippen LogP contribution in [0.5, 0.6) is 5.75 Å². The number of pyridine rings is 1. The molecule has 2 aliphatic heterocycles. The number of ether oxygens (including phenoxy) is 1. The second kappa shape index (κ2) is 6.08. The van der Waals surface area contributed by atoms with Crippen LogP contribution in [-0.2, 0) is 0 Å². The number of carbonyl (C=O) groups excluding carboxylic acids is 1. The number of carbonyl (C=O) groups is 2. The quantitative estimate of drug-likeness (QED) is 0.858. The molecule has 4 rings (SSSR count). The fourth-order valence-electron chi connectivity index (χ4n) is 3.26. The lowest BCUT2D eigenvalue weighted by atomic mass is 10.1. The summed E-state index contributed by atoms with van der Waals surface area (Å²) in [5, 5.41) is 9.17. The maximum absolute atomic E-state index is 12.8. The normalized spacial score (nSPS) is 19.5. The van der Waals surface area contributed by atoms with Crippen molar-refractivity contribution < 1.29 is 19.4 Å². The lowest BCUT2D eigenvalue weighted by Gasteiger charge is -2.38. The van der Waals surface area contributed by atoms with Crippen LogP contribution < -0.4 is 4.74 Å². The van der Waals surface area contributed by atoms with Gasteiger partial charge in [0, 0.05) is 37.5 Å². The van der Waals surface area contributed by atoms with Gasteiger partial charge >= 0.3 is 6.09 Å². The molecule has 2 aromatic rings. The van der Waals surface area contributed by atoms with E-state index in [0.717, 1.165) is 11.3 Å². The lowest BCUT2D eigenvalue weighted by molar-refractivity contribution is 0.0390. The van der Waals surface area contributed by atoms with Gasteiger partial charge in [-0.1, -0.05) is 30.3 Å². The molecule has 0 radical (unpaired) electrons. The molecule has 0 saturated carbocycles. The predicted molar refractivity (Wildman–Crippen MR) is 89.6 cm³/mol. The van der Waals surface area contributed by atoms with Crippen LogP contribution >= 0.6 is 0 Å². The zero-order valence-corrected chi connectivity index (χ0v) is 13.5. The Morgan fingerprint density at radius 2 is 2.04 bits per heavy atom. The summed E-state index contributed by atoms with van der Waals surface area (Å²) in [4.78, 5) is 31.4. The Balaban J connectivity index is 1.65. The molecule has 3 heterocycles. The van der Waals surface area contributed by atoms with Crippen LogP contribution in [0, 0.1) is 0 Å². The Bertz CT molecular complexity index is 824. The summed E-state index contributed by atoms with van der Waals surface area (Å²) in [6, 6.07) is 11.2. The van der Waals surface area contributed by atoms with Crippen molar-refractivity contribution in [2.75, 3.05) is 26.2 Å². The standard InChI is InChI=1S/C18H17N3O4/c22-17-14-9-19-15(12-4-2-1-3-5-12)8-16(14)25-11-13-10-20(18(23)24)6-7-21(13)17/h1-5,8-9,13H,6-7,10-11H2,(H,23,24). The molecular weight excluding hydrogens is 322 g/mol. The molecule has 128 valence electrons. The average molecular weight is 339 g/mol. The zero-order chi connectivity index (χ0) is 17.4. The number of aromatic nitrogens is 1. The molecule has 0 bridgehead atoms. The van der Waals surface area contributed by atoms with Crippen molar-refractivity contribution in [1.29, 1.82) is 0 Å². The third-order valence-corrected chi connectivity index (χ3v) is 4.61. The minimum Gasteiger partial charge on any atom is -0.490 e. The summed E-state index contributed by atoms with van der Waals surface area (Å²) in [6.45, 7) is 1.19. The molecule has 1 aromatic heterocycles. The molecular formula is C18H17N3O4. The van der Waals surface area contributed by atoms with Crippen molar-refractivity contribution in [2.24, 2.45) is 0 Å². The van der Waals surface area contributed by atoms with Gasteiger partial charge in [0.15, 0.2) is 0 Å². The first-order valence-electron chi connectivity index (χ1n) is 8.10. The number of fused-ring (bicyclic) bond motifs is 2. The molecule has 7 nitrogen and oxygen atoms in total. The van der Waals surface area contributed by atoms with E-state index in [1.54, 1.807) is 17.2 Å². The maximum atomic E-state index is 12.8. The number of rotatable bonds is 1. The molecule has 1 N–H and O–H groups in total. The summed E-state index contributed by atoms with van der Waals surface area (Å²) in [7, 11) is 0. The van der Waals surface area contributed by atoms with E-state index in [0.29, 0.717) is 24.4 Å². The summed E-state index contributed by atoms with van der Waals surface area (Å²) >= 11 is 0. The highest BCUT2D eigenvalue weighted by Crippen LogP contribution is 2.30. The fraction of sp³-hybridized carbons (Fsp3) is 0.278.